The summed E-state index contributed by atoms with van der Waals surface area (Å²) in [6, 6.07) is 4.19. The van der Waals surface area contributed by atoms with E-state index in [1.54, 1.807) is 31.5 Å². The largest absolute Gasteiger partial charge is 0.355 e. The number of guanidine groups is 1. The first-order valence-electron chi connectivity index (χ1n) is 7.24. The number of halogens is 1. The van der Waals surface area contributed by atoms with Crippen LogP contribution in [0, 0.1) is 0 Å². The molecular weight excluding hydrogens is 423 g/mol. The first-order chi connectivity index (χ1) is 10.4. The minimum atomic E-state index is -0.0304. The lowest BCUT2D eigenvalue weighted by Crippen LogP contribution is -2.44. The predicted octanol–water partition coefficient (Wildman–Crippen LogP) is 2.45. The molecule has 1 heterocycles. The van der Waals surface area contributed by atoms with Crippen LogP contribution < -0.4 is 10.6 Å². The van der Waals surface area contributed by atoms with Gasteiger partial charge in [0.25, 0.3) is 0 Å². The van der Waals surface area contributed by atoms with Crippen LogP contribution in [0.2, 0.25) is 0 Å². The highest BCUT2D eigenvalue weighted by Gasteiger charge is 2.22. The number of aliphatic imine (C=N–C) groups is 1. The molecule has 0 fully saturated rings. The molecule has 0 aliphatic heterocycles. The average molecular weight is 450 g/mol. The van der Waals surface area contributed by atoms with E-state index in [2.05, 4.69) is 53.6 Å². The zero-order chi connectivity index (χ0) is 16.6. The van der Waals surface area contributed by atoms with Crippen molar-refractivity contribution >= 4 is 47.2 Å². The van der Waals surface area contributed by atoms with Crippen LogP contribution >= 0.6 is 35.3 Å². The van der Waals surface area contributed by atoms with Gasteiger partial charge in [-0.05, 0) is 11.4 Å². The van der Waals surface area contributed by atoms with E-state index in [-0.39, 0.29) is 41.8 Å². The molecule has 0 spiro atoms. The van der Waals surface area contributed by atoms with Crippen molar-refractivity contribution in [1.29, 1.82) is 0 Å². The molecule has 0 aliphatic rings. The van der Waals surface area contributed by atoms with Gasteiger partial charge in [0.1, 0.15) is 6.54 Å². The standard InChI is InChI=1S/C16H26N4OS.HI/c1-6-9-17-15(18-11-14(21)20(4)5)19-12-16(2,3)13-8-7-10-22-13;/h6-8,10H,1,9,11-12H2,2-5H3,(H2,17,18,19);1H. The third kappa shape index (κ3) is 7.83. The number of likely N-dealkylation sites (N-methyl/N-ethyl adjacent to an activating group) is 1. The van der Waals surface area contributed by atoms with Crippen molar-refractivity contribution in [3.63, 3.8) is 0 Å². The Bertz CT molecular complexity index is 512. The molecule has 23 heavy (non-hydrogen) atoms. The van der Waals surface area contributed by atoms with Gasteiger partial charge >= 0.3 is 0 Å². The maximum absolute atomic E-state index is 11.7. The molecule has 0 unspecified atom stereocenters. The monoisotopic (exact) mass is 450 g/mol. The summed E-state index contributed by atoms with van der Waals surface area (Å²) < 4.78 is 0. The number of hydrogen-bond acceptors (Lipinski definition) is 3. The predicted molar refractivity (Wildman–Crippen MR) is 110 cm³/mol. The van der Waals surface area contributed by atoms with E-state index in [9.17, 15) is 4.79 Å². The van der Waals surface area contributed by atoms with Crippen molar-refractivity contribution in [2.75, 3.05) is 33.7 Å². The summed E-state index contributed by atoms with van der Waals surface area (Å²) >= 11 is 1.74. The van der Waals surface area contributed by atoms with Crippen LogP contribution in [0.3, 0.4) is 0 Å². The van der Waals surface area contributed by atoms with Crippen molar-refractivity contribution < 1.29 is 4.79 Å². The number of rotatable bonds is 7. The molecule has 1 aromatic heterocycles. The van der Waals surface area contributed by atoms with Crippen molar-refractivity contribution in [2.24, 2.45) is 4.99 Å². The third-order valence-electron chi connectivity index (χ3n) is 3.17. The highest BCUT2D eigenvalue weighted by molar-refractivity contribution is 14.0. The molecule has 0 aromatic carbocycles. The summed E-state index contributed by atoms with van der Waals surface area (Å²) in [6.45, 7) is 9.50. The zero-order valence-corrected chi connectivity index (χ0v) is 17.4. The Hall–Kier alpha value is -1.09. The van der Waals surface area contributed by atoms with Crippen LogP contribution in [0.1, 0.15) is 18.7 Å². The summed E-state index contributed by atoms with van der Waals surface area (Å²) in [7, 11) is 3.45. The van der Waals surface area contributed by atoms with E-state index in [1.807, 2.05) is 0 Å². The lowest BCUT2D eigenvalue weighted by atomic mass is 9.91. The fourth-order valence-electron chi connectivity index (χ4n) is 1.69. The summed E-state index contributed by atoms with van der Waals surface area (Å²) in [5.41, 5.74) is -0.00362. The Morgan fingerprint density at radius 3 is 2.65 bits per heavy atom. The van der Waals surface area contributed by atoms with Gasteiger partial charge in [-0.15, -0.1) is 41.9 Å². The van der Waals surface area contributed by atoms with Crippen LogP contribution in [-0.4, -0.2) is 50.5 Å². The van der Waals surface area contributed by atoms with Gasteiger partial charge in [-0.3, -0.25) is 4.79 Å². The molecule has 130 valence electrons. The quantitative estimate of drug-likeness (QED) is 0.291. The van der Waals surface area contributed by atoms with Crippen molar-refractivity contribution in [2.45, 2.75) is 19.3 Å². The van der Waals surface area contributed by atoms with Gasteiger partial charge in [-0.25, -0.2) is 4.99 Å². The van der Waals surface area contributed by atoms with Crippen LogP contribution in [-0.2, 0) is 10.2 Å². The van der Waals surface area contributed by atoms with Gasteiger partial charge in [-0.2, -0.15) is 0 Å². The molecule has 0 atom stereocenters. The second-order valence-electron chi connectivity index (χ2n) is 5.84. The van der Waals surface area contributed by atoms with Gasteiger partial charge in [0, 0.05) is 37.5 Å². The van der Waals surface area contributed by atoms with E-state index >= 15 is 0 Å². The Kier molecular flexibility index (Phi) is 10.1. The van der Waals surface area contributed by atoms with Gasteiger partial charge < -0.3 is 15.5 Å². The van der Waals surface area contributed by atoms with Gasteiger partial charge in [0.2, 0.25) is 5.91 Å². The Morgan fingerprint density at radius 2 is 2.13 bits per heavy atom. The number of hydrogen-bond donors (Lipinski definition) is 2. The maximum atomic E-state index is 11.7. The molecular formula is C16H27IN4OS. The maximum Gasteiger partial charge on any atom is 0.243 e. The van der Waals surface area contributed by atoms with E-state index in [0.29, 0.717) is 12.5 Å². The second kappa shape index (κ2) is 10.6. The highest BCUT2D eigenvalue weighted by Crippen LogP contribution is 2.26. The van der Waals surface area contributed by atoms with E-state index in [1.165, 1.54) is 9.78 Å². The molecule has 5 nitrogen and oxygen atoms in total. The summed E-state index contributed by atoms with van der Waals surface area (Å²) in [5, 5.41) is 8.52. The smallest absolute Gasteiger partial charge is 0.243 e. The zero-order valence-electron chi connectivity index (χ0n) is 14.3. The lowest BCUT2D eigenvalue weighted by Gasteiger charge is -2.25. The molecule has 0 bridgehead atoms. The van der Waals surface area contributed by atoms with Crippen LogP contribution in [0.5, 0.6) is 0 Å². The molecule has 0 aliphatic carbocycles. The fraction of sp³-hybridized carbons (Fsp3) is 0.500. The molecule has 0 saturated heterocycles. The Labute approximate surface area is 160 Å². The fourth-order valence-corrected chi connectivity index (χ4v) is 2.54. The van der Waals surface area contributed by atoms with Crippen molar-refractivity contribution in [3.8, 4) is 0 Å². The Morgan fingerprint density at radius 1 is 1.43 bits per heavy atom. The number of nitrogens with one attached hydrogen (secondary N) is 2. The SMILES string of the molecule is C=CCNC(=NCC(=O)N(C)C)NCC(C)(C)c1cccs1.I. The number of carbonyl (C=O) groups excluding carboxylic acids is 1. The van der Waals surface area contributed by atoms with E-state index in [0.717, 1.165) is 6.54 Å². The molecule has 7 heteroatoms. The minimum absolute atomic E-state index is 0. The third-order valence-corrected chi connectivity index (χ3v) is 4.41. The summed E-state index contributed by atoms with van der Waals surface area (Å²) in [6.07, 6.45) is 1.76. The summed E-state index contributed by atoms with van der Waals surface area (Å²) in [4.78, 5) is 18.8. The summed E-state index contributed by atoms with van der Waals surface area (Å²) in [5.74, 6) is 0.594. The first kappa shape index (κ1) is 21.9. The van der Waals surface area contributed by atoms with Crippen molar-refractivity contribution in [3.05, 3.63) is 35.0 Å². The topological polar surface area (TPSA) is 56.7 Å². The van der Waals surface area contributed by atoms with Gasteiger partial charge in [-0.1, -0.05) is 26.0 Å². The molecule has 1 amide bonds. The number of amides is 1. The molecule has 2 N–H and O–H groups in total. The number of carbonyl (C=O) groups is 1. The molecule has 0 saturated carbocycles. The molecule has 1 aromatic rings. The normalized spacial score (nSPS) is 11.4. The number of thiophene rings is 1. The minimum Gasteiger partial charge on any atom is -0.355 e. The van der Waals surface area contributed by atoms with Gasteiger partial charge in [0.05, 0.1) is 0 Å². The highest BCUT2D eigenvalue weighted by atomic mass is 127. The van der Waals surface area contributed by atoms with Crippen LogP contribution in [0.25, 0.3) is 0 Å². The van der Waals surface area contributed by atoms with Gasteiger partial charge in [0.15, 0.2) is 5.96 Å². The van der Waals surface area contributed by atoms with E-state index < -0.39 is 0 Å². The van der Waals surface area contributed by atoms with Crippen molar-refractivity contribution in [1.82, 2.24) is 15.5 Å². The molecule has 0 radical (unpaired) electrons. The second-order valence-corrected chi connectivity index (χ2v) is 6.79. The van der Waals surface area contributed by atoms with E-state index in [4.69, 9.17) is 0 Å². The molecule has 1 rings (SSSR count). The van der Waals surface area contributed by atoms with Crippen LogP contribution in [0.15, 0.2) is 35.2 Å². The lowest BCUT2D eigenvalue weighted by molar-refractivity contribution is -0.127. The number of nitrogens with zero attached hydrogens (tertiary/aromatic N) is 2. The van der Waals surface area contributed by atoms with Crippen LogP contribution in [0.4, 0.5) is 0 Å². The average Bonchev–Trinajstić information content (AvgIpc) is 3.01. The Balaban J connectivity index is 0.00000484. The first-order valence-corrected chi connectivity index (χ1v) is 8.12.